The van der Waals surface area contributed by atoms with Crippen LogP contribution in [0.4, 0.5) is 11.8 Å². The molecule has 6 nitrogen and oxygen atoms in total. The zero-order valence-electron chi connectivity index (χ0n) is 18.7. The van der Waals surface area contributed by atoms with Crippen molar-refractivity contribution in [1.82, 2.24) is 9.97 Å². The third-order valence-electron chi connectivity index (χ3n) is 6.36. The highest BCUT2D eigenvalue weighted by atomic mass is 35.5. The quantitative estimate of drug-likeness (QED) is 0.521. The average molecular weight is 441 g/mol. The molecule has 1 unspecified atom stereocenters. The monoisotopic (exact) mass is 440 g/mol. The van der Waals surface area contributed by atoms with E-state index in [0.29, 0.717) is 40.7 Å². The van der Waals surface area contributed by atoms with Crippen LogP contribution in [0.5, 0.6) is 0 Å². The molecule has 4 N–H and O–H groups in total. The maximum Gasteiger partial charge on any atom is 0.224 e. The van der Waals surface area contributed by atoms with E-state index in [1.165, 1.54) is 6.42 Å². The fraction of sp³-hybridized carbons (Fsp3) is 0.542. The molecule has 1 fully saturated rings. The second-order valence-corrected chi connectivity index (χ2v) is 9.67. The summed E-state index contributed by atoms with van der Waals surface area (Å²) in [5.74, 6) is 2.20. The standard InChI is InChI=1S/C24H33ClN6/c1-4-21(27)18-9-16(2)10-24(3,11-18)15-30-22-19(12-26)14-29-23(31-22)28-13-17-7-5-6-8-20(17)25/h5-8,14,16,18,21H,4,9-11,13,15,27H2,1-3H3,(H2,28,29,30,31)/t16?,18-,21+,24-/m1/s1. The van der Waals surface area contributed by atoms with Crippen molar-refractivity contribution < 1.29 is 0 Å². The molecule has 3 rings (SSSR count). The van der Waals surface area contributed by atoms with E-state index >= 15 is 0 Å². The Morgan fingerprint density at radius 2 is 2.10 bits per heavy atom. The van der Waals surface area contributed by atoms with E-state index in [0.717, 1.165) is 31.4 Å². The van der Waals surface area contributed by atoms with Crippen molar-refractivity contribution in [2.45, 2.75) is 59.0 Å². The number of anilines is 2. The van der Waals surface area contributed by atoms with Crippen LogP contribution >= 0.6 is 11.6 Å². The molecule has 0 spiro atoms. The van der Waals surface area contributed by atoms with Gasteiger partial charge in [0, 0.05) is 24.2 Å². The Kier molecular flexibility index (Phi) is 7.74. The summed E-state index contributed by atoms with van der Waals surface area (Å²) in [6, 6.07) is 10.1. The third kappa shape index (κ3) is 6.09. The summed E-state index contributed by atoms with van der Waals surface area (Å²) >= 11 is 6.23. The van der Waals surface area contributed by atoms with Gasteiger partial charge in [0.1, 0.15) is 17.5 Å². The van der Waals surface area contributed by atoms with Gasteiger partial charge in [-0.1, -0.05) is 50.6 Å². The van der Waals surface area contributed by atoms with Crippen LogP contribution in [0.2, 0.25) is 5.02 Å². The lowest BCUT2D eigenvalue weighted by molar-refractivity contribution is 0.110. The van der Waals surface area contributed by atoms with Crippen molar-refractivity contribution >= 4 is 23.4 Å². The summed E-state index contributed by atoms with van der Waals surface area (Å²) in [4.78, 5) is 8.85. The van der Waals surface area contributed by atoms with Gasteiger partial charge in [0.15, 0.2) is 0 Å². The van der Waals surface area contributed by atoms with Crippen molar-refractivity contribution in [2.75, 3.05) is 17.2 Å². The molecule has 1 aromatic heterocycles. The van der Waals surface area contributed by atoms with E-state index in [4.69, 9.17) is 17.3 Å². The Bertz CT molecular complexity index is 927. The molecule has 2 aromatic rings. The summed E-state index contributed by atoms with van der Waals surface area (Å²) in [7, 11) is 0. The Balaban J connectivity index is 1.69. The van der Waals surface area contributed by atoms with Crippen molar-refractivity contribution in [1.29, 1.82) is 5.26 Å². The van der Waals surface area contributed by atoms with Crippen molar-refractivity contribution in [2.24, 2.45) is 23.0 Å². The minimum Gasteiger partial charge on any atom is -0.368 e. The van der Waals surface area contributed by atoms with Gasteiger partial charge >= 0.3 is 0 Å². The van der Waals surface area contributed by atoms with Gasteiger partial charge in [-0.3, -0.25) is 0 Å². The van der Waals surface area contributed by atoms with E-state index < -0.39 is 0 Å². The molecule has 7 heteroatoms. The molecule has 1 aliphatic rings. The second-order valence-electron chi connectivity index (χ2n) is 9.26. The van der Waals surface area contributed by atoms with Gasteiger partial charge in [0.25, 0.3) is 0 Å². The first-order valence-electron chi connectivity index (χ1n) is 11.1. The largest absolute Gasteiger partial charge is 0.368 e. The molecule has 4 atom stereocenters. The van der Waals surface area contributed by atoms with Crippen LogP contribution < -0.4 is 16.4 Å². The van der Waals surface area contributed by atoms with Gasteiger partial charge in [-0.05, 0) is 54.6 Å². The van der Waals surface area contributed by atoms with E-state index in [1.54, 1.807) is 6.20 Å². The van der Waals surface area contributed by atoms with Gasteiger partial charge in [-0.15, -0.1) is 0 Å². The summed E-state index contributed by atoms with van der Waals surface area (Å²) in [6.45, 7) is 8.05. The van der Waals surface area contributed by atoms with Crippen LogP contribution in [0.1, 0.15) is 57.6 Å². The van der Waals surface area contributed by atoms with Crippen LogP contribution in [0.15, 0.2) is 30.5 Å². The third-order valence-corrected chi connectivity index (χ3v) is 6.73. The van der Waals surface area contributed by atoms with Gasteiger partial charge in [-0.25, -0.2) is 4.98 Å². The molecule has 0 saturated heterocycles. The number of benzene rings is 1. The molecule has 0 aliphatic heterocycles. The molecule has 0 amide bonds. The summed E-state index contributed by atoms with van der Waals surface area (Å²) < 4.78 is 0. The number of nitrogens with one attached hydrogen (secondary N) is 2. The summed E-state index contributed by atoms with van der Waals surface area (Å²) in [5, 5.41) is 16.9. The lowest BCUT2D eigenvalue weighted by Gasteiger charge is -2.43. The predicted octanol–water partition coefficient (Wildman–Crippen LogP) is 5.21. The molecule has 1 saturated carbocycles. The fourth-order valence-corrected chi connectivity index (χ4v) is 5.04. The van der Waals surface area contributed by atoms with Gasteiger partial charge in [0.2, 0.25) is 5.95 Å². The highest BCUT2D eigenvalue weighted by molar-refractivity contribution is 6.31. The molecular weight excluding hydrogens is 408 g/mol. The molecule has 31 heavy (non-hydrogen) atoms. The first kappa shape index (κ1) is 23.3. The van der Waals surface area contributed by atoms with Gasteiger partial charge in [-0.2, -0.15) is 10.2 Å². The number of aromatic nitrogens is 2. The average Bonchev–Trinajstić information content (AvgIpc) is 2.76. The van der Waals surface area contributed by atoms with Crippen LogP contribution in [-0.4, -0.2) is 22.6 Å². The molecule has 1 heterocycles. The van der Waals surface area contributed by atoms with Crippen molar-refractivity contribution in [3.63, 3.8) is 0 Å². The SMILES string of the molecule is CC[C@H](N)[C@@H]1CC(C)C[C@@](C)(CNc2nc(NCc3ccccc3Cl)ncc2C#N)C1. The van der Waals surface area contributed by atoms with Crippen LogP contribution in [0.25, 0.3) is 0 Å². The normalized spacial score (nSPS) is 24.3. The minimum atomic E-state index is 0.109. The molecular formula is C24H33ClN6. The second kappa shape index (κ2) is 10.3. The highest BCUT2D eigenvalue weighted by Gasteiger charge is 2.37. The topological polar surface area (TPSA) is 99.7 Å². The Morgan fingerprint density at radius 3 is 2.81 bits per heavy atom. The lowest BCUT2D eigenvalue weighted by Crippen LogP contribution is -2.42. The molecule has 0 bridgehead atoms. The highest BCUT2D eigenvalue weighted by Crippen LogP contribution is 2.43. The number of nitrogens with two attached hydrogens (primary N) is 1. The number of hydrogen-bond donors (Lipinski definition) is 3. The maximum atomic E-state index is 9.52. The summed E-state index contributed by atoms with van der Waals surface area (Å²) in [6.07, 6.45) is 5.98. The molecule has 1 aliphatic carbocycles. The summed E-state index contributed by atoms with van der Waals surface area (Å²) in [5.41, 5.74) is 7.91. The van der Waals surface area contributed by atoms with Crippen molar-refractivity contribution in [3.05, 3.63) is 46.6 Å². The number of nitrogens with zero attached hydrogens (tertiary/aromatic N) is 3. The van der Waals surface area contributed by atoms with Crippen LogP contribution in [0.3, 0.4) is 0 Å². The zero-order chi connectivity index (χ0) is 22.4. The first-order chi connectivity index (χ1) is 14.8. The van der Waals surface area contributed by atoms with Gasteiger partial charge in [0.05, 0.1) is 6.20 Å². The van der Waals surface area contributed by atoms with E-state index in [-0.39, 0.29) is 11.5 Å². The Morgan fingerprint density at radius 1 is 1.32 bits per heavy atom. The van der Waals surface area contributed by atoms with Gasteiger partial charge < -0.3 is 16.4 Å². The van der Waals surface area contributed by atoms with E-state index in [9.17, 15) is 5.26 Å². The number of halogens is 1. The number of nitriles is 1. The molecule has 166 valence electrons. The maximum absolute atomic E-state index is 9.52. The van der Waals surface area contributed by atoms with Crippen LogP contribution in [-0.2, 0) is 6.54 Å². The molecule has 1 aromatic carbocycles. The fourth-order valence-electron chi connectivity index (χ4n) is 4.84. The predicted molar refractivity (Wildman–Crippen MR) is 127 cm³/mol. The first-order valence-corrected chi connectivity index (χ1v) is 11.4. The zero-order valence-corrected chi connectivity index (χ0v) is 19.4. The Labute approximate surface area is 190 Å². The number of hydrogen-bond acceptors (Lipinski definition) is 6. The molecule has 0 radical (unpaired) electrons. The smallest absolute Gasteiger partial charge is 0.224 e. The Hall–Kier alpha value is -2.36. The van der Waals surface area contributed by atoms with Crippen LogP contribution in [0, 0.1) is 28.6 Å². The lowest BCUT2D eigenvalue weighted by atomic mass is 9.65. The minimum absolute atomic E-state index is 0.109. The number of rotatable bonds is 8. The van der Waals surface area contributed by atoms with Crippen molar-refractivity contribution in [3.8, 4) is 6.07 Å². The van der Waals surface area contributed by atoms with E-state index in [2.05, 4.69) is 47.4 Å². The van der Waals surface area contributed by atoms with E-state index in [1.807, 2.05) is 24.3 Å².